The molecule has 0 saturated carbocycles. The fourth-order valence-electron chi connectivity index (χ4n) is 2.47. The zero-order valence-corrected chi connectivity index (χ0v) is 13.6. The molecule has 5 nitrogen and oxygen atoms in total. The van der Waals surface area contributed by atoms with Gasteiger partial charge in [0.15, 0.2) is 11.5 Å². The van der Waals surface area contributed by atoms with Crippen molar-refractivity contribution in [2.75, 3.05) is 13.7 Å². The van der Waals surface area contributed by atoms with Gasteiger partial charge in [-0.15, -0.1) is 0 Å². The predicted octanol–water partition coefficient (Wildman–Crippen LogP) is 3.13. The lowest BCUT2D eigenvalue weighted by molar-refractivity contribution is -0.121. The number of ether oxygens (including phenoxy) is 1. The van der Waals surface area contributed by atoms with Crippen molar-refractivity contribution in [1.29, 1.82) is 0 Å². The molecule has 1 N–H and O–H groups in total. The normalized spacial score (nSPS) is 10.7. The number of nitrogens with one attached hydrogen (secondary N) is 1. The van der Waals surface area contributed by atoms with Crippen molar-refractivity contribution in [3.63, 3.8) is 0 Å². The number of hydrogen-bond acceptors (Lipinski definition) is 4. The van der Waals surface area contributed by atoms with Crippen molar-refractivity contribution in [3.05, 3.63) is 60.0 Å². The number of carbonyl (C=O) groups excluding carboxylic acids is 1. The van der Waals surface area contributed by atoms with Gasteiger partial charge < -0.3 is 14.5 Å². The van der Waals surface area contributed by atoms with Crippen LogP contribution in [0.5, 0.6) is 5.75 Å². The third-order valence-corrected chi connectivity index (χ3v) is 3.80. The summed E-state index contributed by atoms with van der Waals surface area (Å²) < 4.78 is 10.7. The lowest BCUT2D eigenvalue weighted by Crippen LogP contribution is -2.25. The standard InChI is InChI=1S/C19H20N2O3/c1-23-15-9-6-14(7-10-15)8-11-18(22)20-13-12-19-21-16-4-2-3-5-17(16)24-19/h2-7,9-10H,8,11-13H2,1H3,(H,20,22). The minimum Gasteiger partial charge on any atom is -0.497 e. The maximum absolute atomic E-state index is 11.9. The largest absolute Gasteiger partial charge is 0.497 e. The Morgan fingerprint density at radius 1 is 1.12 bits per heavy atom. The second kappa shape index (κ2) is 7.64. The van der Waals surface area contributed by atoms with E-state index < -0.39 is 0 Å². The fourth-order valence-corrected chi connectivity index (χ4v) is 2.47. The SMILES string of the molecule is COc1ccc(CCC(=O)NCCc2nc3ccccc3o2)cc1. The van der Waals surface area contributed by atoms with E-state index in [0.29, 0.717) is 31.7 Å². The molecule has 0 aliphatic carbocycles. The second-order valence-corrected chi connectivity index (χ2v) is 5.52. The predicted molar refractivity (Wildman–Crippen MR) is 92.0 cm³/mol. The summed E-state index contributed by atoms with van der Waals surface area (Å²) in [5.74, 6) is 1.50. The van der Waals surface area contributed by atoms with Gasteiger partial charge in [0.05, 0.1) is 7.11 Å². The molecule has 1 heterocycles. The fraction of sp³-hybridized carbons (Fsp3) is 0.263. The van der Waals surface area contributed by atoms with Gasteiger partial charge in [0.1, 0.15) is 11.3 Å². The smallest absolute Gasteiger partial charge is 0.220 e. The van der Waals surface area contributed by atoms with E-state index in [2.05, 4.69) is 10.3 Å². The zero-order valence-electron chi connectivity index (χ0n) is 13.6. The van der Waals surface area contributed by atoms with E-state index in [9.17, 15) is 4.79 Å². The van der Waals surface area contributed by atoms with Crippen molar-refractivity contribution in [1.82, 2.24) is 10.3 Å². The Hall–Kier alpha value is -2.82. The Morgan fingerprint density at radius 2 is 1.92 bits per heavy atom. The molecule has 0 aliphatic rings. The number of fused-ring (bicyclic) bond motifs is 1. The van der Waals surface area contributed by atoms with Gasteiger partial charge in [-0.2, -0.15) is 0 Å². The van der Waals surface area contributed by atoms with Crippen LogP contribution in [0.4, 0.5) is 0 Å². The van der Waals surface area contributed by atoms with Crippen LogP contribution < -0.4 is 10.1 Å². The number of nitrogens with zero attached hydrogens (tertiary/aromatic N) is 1. The second-order valence-electron chi connectivity index (χ2n) is 5.52. The van der Waals surface area contributed by atoms with Gasteiger partial charge in [-0.25, -0.2) is 4.98 Å². The Bertz CT molecular complexity index is 776. The van der Waals surface area contributed by atoms with Crippen LogP contribution in [0, 0.1) is 0 Å². The van der Waals surface area contributed by atoms with E-state index in [-0.39, 0.29) is 5.91 Å². The average Bonchev–Trinajstić information content (AvgIpc) is 3.03. The Kier molecular flexibility index (Phi) is 5.11. The molecular weight excluding hydrogens is 304 g/mol. The lowest BCUT2D eigenvalue weighted by atomic mass is 10.1. The summed E-state index contributed by atoms with van der Waals surface area (Å²) >= 11 is 0. The van der Waals surface area contributed by atoms with E-state index in [1.165, 1.54) is 0 Å². The van der Waals surface area contributed by atoms with Gasteiger partial charge in [-0.05, 0) is 36.2 Å². The van der Waals surface area contributed by atoms with Crippen LogP contribution in [0.1, 0.15) is 17.9 Å². The number of methoxy groups -OCH3 is 1. The molecule has 0 fully saturated rings. The highest BCUT2D eigenvalue weighted by atomic mass is 16.5. The van der Waals surface area contributed by atoms with E-state index in [1.807, 2.05) is 48.5 Å². The number of amides is 1. The number of rotatable bonds is 7. The number of oxazole rings is 1. The monoisotopic (exact) mass is 324 g/mol. The molecule has 3 aromatic rings. The van der Waals surface area contributed by atoms with Crippen LogP contribution >= 0.6 is 0 Å². The van der Waals surface area contributed by atoms with Crippen molar-refractivity contribution < 1.29 is 13.9 Å². The summed E-state index contributed by atoms with van der Waals surface area (Å²) in [6, 6.07) is 15.4. The zero-order chi connectivity index (χ0) is 16.8. The van der Waals surface area contributed by atoms with Crippen LogP contribution in [0.25, 0.3) is 11.1 Å². The number of hydrogen-bond donors (Lipinski definition) is 1. The summed E-state index contributed by atoms with van der Waals surface area (Å²) in [7, 11) is 1.64. The molecule has 1 aromatic heterocycles. The van der Waals surface area contributed by atoms with Crippen molar-refractivity contribution in [3.8, 4) is 5.75 Å². The van der Waals surface area contributed by atoms with Crippen molar-refractivity contribution in [2.45, 2.75) is 19.3 Å². The number of benzene rings is 2. The summed E-state index contributed by atoms with van der Waals surface area (Å²) in [6.07, 6.45) is 1.75. The molecule has 0 radical (unpaired) electrons. The third-order valence-electron chi connectivity index (χ3n) is 3.80. The molecule has 124 valence electrons. The number of para-hydroxylation sites is 2. The molecule has 0 aliphatic heterocycles. The van der Waals surface area contributed by atoms with Gasteiger partial charge in [0.2, 0.25) is 5.91 Å². The molecule has 5 heteroatoms. The van der Waals surface area contributed by atoms with E-state index in [1.54, 1.807) is 7.11 Å². The van der Waals surface area contributed by atoms with Gasteiger partial charge >= 0.3 is 0 Å². The molecule has 24 heavy (non-hydrogen) atoms. The van der Waals surface area contributed by atoms with Crippen LogP contribution in [0.15, 0.2) is 52.9 Å². The van der Waals surface area contributed by atoms with E-state index in [0.717, 1.165) is 22.4 Å². The molecule has 0 unspecified atom stereocenters. The highest BCUT2D eigenvalue weighted by Gasteiger charge is 2.06. The molecule has 0 bridgehead atoms. The molecule has 2 aromatic carbocycles. The quantitative estimate of drug-likeness (QED) is 0.725. The van der Waals surface area contributed by atoms with Crippen LogP contribution in [0.2, 0.25) is 0 Å². The Morgan fingerprint density at radius 3 is 2.67 bits per heavy atom. The summed E-state index contributed by atoms with van der Waals surface area (Å²) in [6.45, 7) is 0.522. The average molecular weight is 324 g/mol. The summed E-state index contributed by atoms with van der Waals surface area (Å²) in [5, 5.41) is 2.90. The number of aryl methyl sites for hydroxylation is 1. The minimum absolute atomic E-state index is 0.0296. The molecule has 3 rings (SSSR count). The van der Waals surface area contributed by atoms with Crippen LogP contribution in [-0.2, 0) is 17.6 Å². The van der Waals surface area contributed by atoms with E-state index in [4.69, 9.17) is 9.15 Å². The lowest BCUT2D eigenvalue weighted by Gasteiger charge is -2.05. The first-order chi connectivity index (χ1) is 11.7. The first-order valence-corrected chi connectivity index (χ1v) is 7.98. The minimum atomic E-state index is 0.0296. The van der Waals surface area contributed by atoms with Gasteiger partial charge in [-0.3, -0.25) is 4.79 Å². The summed E-state index contributed by atoms with van der Waals surface area (Å²) in [5.41, 5.74) is 2.74. The third kappa shape index (κ3) is 4.13. The van der Waals surface area contributed by atoms with Gasteiger partial charge in [0.25, 0.3) is 0 Å². The van der Waals surface area contributed by atoms with Crippen molar-refractivity contribution >= 4 is 17.0 Å². The van der Waals surface area contributed by atoms with Crippen LogP contribution in [0.3, 0.4) is 0 Å². The van der Waals surface area contributed by atoms with Gasteiger partial charge in [0, 0.05) is 19.4 Å². The molecule has 1 amide bonds. The molecular formula is C19H20N2O3. The number of carbonyl (C=O) groups is 1. The van der Waals surface area contributed by atoms with Gasteiger partial charge in [-0.1, -0.05) is 24.3 Å². The van der Waals surface area contributed by atoms with Crippen LogP contribution in [-0.4, -0.2) is 24.5 Å². The first kappa shape index (κ1) is 16.1. The number of aromatic nitrogens is 1. The van der Waals surface area contributed by atoms with Crippen molar-refractivity contribution in [2.24, 2.45) is 0 Å². The topological polar surface area (TPSA) is 64.4 Å². The highest BCUT2D eigenvalue weighted by molar-refractivity contribution is 5.76. The molecule has 0 atom stereocenters. The maximum Gasteiger partial charge on any atom is 0.220 e. The Balaban J connectivity index is 1.41. The first-order valence-electron chi connectivity index (χ1n) is 7.98. The highest BCUT2D eigenvalue weighted by Crippen LogP contribution is 2.15. The maximum atomic E-state index is 11.9. The molecule has 0 spiro atoms. The summed E-state index contributed by atoms with van der Waals surface area (Å²) in [4.78, 5) is 16.3. The van der Waals surface area contributed by atoms with E-state index >= 15 is 0 Å². The molecule has 0 saturated heterocycles. The Labute approximate surface area is 140 Å².